The van der Waals surface area contributed by atoms with Crippen molar-refractivity contribution in [1.82, 2.24) is 0 Å². The van der Waals surface area contributed by atoms with Crippen LogP contribution in [0.4, 0.5) is 0 Å². The van der Waals surface area contributed by atoms with Crippen LogP contribution in [0.5, 0.6) is 0 Å². The van der Waals surface area contributed by atoms with Crippen LogP contribution in [0.15, 0.2) is 278 Å². The van der Waals surface area contributed by atoms with Gasteiger partial charge in [-0.1, -0.05) is 0 Å². The van der Waals surface area contributed by atoms with Crippen LogP contribution >= 0.6 is 0 Å². The Morgan fingerprint density at radius 2 is 0.444 bits per heavy atom. The molecule has 4 aliphatic rings. The van der Waals surface area contributed by atoms with Crippen molar-refractivity contribution >= 4 is 54.0 Å². The molecule has 0 aliphatic heterocycles. The van der Waals surface area contributed by atoms with Gasteiger partial charge in [0.25, 0.3) is 0 Å². The molecule has 0 spiro atoms. The van der Waals surface area contributed by atoms with Crippen molar-refractivity contribution in [2.45, 2.75) is 109 Å². The normalized spacial score (nSPS) is 17.6. The number of hydrogen-bond donors (Lipinski definition) is 0. The first-order valence-electron chi connectivity index (χ1n) is 32.6. The van der Waals surface area contributed by atoms with Gasteiger partial charge < -0.3 is 24.8 Å². The largest absolute Gasteiger partial charge is 1.00 e. The molecule has 456 valence electrons. The van der Waals surface area contributed by atoms with E-state index in [2.05, 4.69) is 326 Å². The van der Waals surface area contributed by atoms with E-state index < -0.39 is 51.1 Å². The standard InChI is InChI=1S/4C15H17.2C12H10Si.2ClH.2Hf/c4*1-4-13-7-5-6-8-14(13)15-10-11(2)9-12(15)3;2*1-3-7-11(8-4-1)13-12-9-5-2-6-10-12;;;;/h4*5-8,10-11H,4H2,1-3H3;2*1-10H;2*1H;;/p-2. The fraction of sp³-hybridized carbons (Fsp3) is 0.238. The summed E-state index contributed by atoms with van der Waals surface area (Å²) < 4.78 is 7.32. The number of benzene rings is 8. The van der Waals surface area contributed by atoms with E-state index in [1.165, 1.54) is 66.8 Å². The number of hydrogen-bond acceptors (Lipinski definition) is 0. The molecule has 0 bridgehead atoms. The molecule has 0 radical (unpaired) electrons. The van der Waals surface area contributed by atoms with E-state index in [0.717, 1.165) is 25.7 Å². The van der Waals surface area contributed by atoms with Gasteiger partial charge in [-0.2, -0.15) is 0 Å². The maximum absolute atomic E-state index is 2.87. The second-order valence-electron chi connectivity index (χ2n) is 24.6. The summed E-state index contributed by atoms with van der Waals surface area (Å²) in [4.78, 5) is 0. The Bertz CT molecular complexity index is 3720. The van der Waals surface area contributed by atoms with Gasteiger partial charge in [0.05, 0.1) is 0 Å². The third kappa shape index (κ3) is 13.9. The van der Waals surface area contributed by atoms with Crippen molar-refractivity contribution in [2.75, 3.05) is 0 Å². The molecule has 8 aromatic carbocycles. The topological polar surface area (TPSA) is 0 Å². The summed E-state index contributed by atoms with van der Waals surface area (Å²) in [5.74, 6) is 1.85. The molecule has 0 saturated carbocycles. The minimum Gasteiger partial charge on any atom is -1.00 e. The van der Waals surface area contributed by atoms with Gasteiger partial charge in [-0.15, -0.1) is 0 Å². The Labute approximate surface area is 568 Å². The zero-order chi connectivity index (χ0) is 61.6. The first-order valence-corrected chi connectivity index (χ1v) is 53.6. The average molecular weight is 1580 g/mol. The van der Waals surface area contributed by atoms with E-state index in [1.807, 2.05) is 13.3 Å². The molecular formula is C84H88Cl2Hf2Si2-2. The molecule has 90 heavy (non-hydrogen) atoms. The number of aryl methyl sites for hydroxylation is 4. The average Bonchev–Trinajstić information content (AvgIpc) is 1.58. The first-order chi connectivity index (χ1) is 42.9. The number of halogens is 2. The zero-order valence-electron chi connectivity index (χ0n) is 55.0. The van der Waals surface area contributed by atoms with Crippen LogP contribution in [0.3, 0.4) is 0 Å². The van der Waals surface area contributed by atoms with E-state index in [1.54, 1.807) is 43.0 Å². The molecule has 0 N–H and O–H groups in total. The van der Waals surface area contributed by atoms with Gasteiger partial charge in [0, 0.05) is 0 Å². The van der Waals surface area contributed by atoms with Crippen molar-refractivity contribution < 1.29 is 64.9 Å². The molecule has 0 saturated heterocycles. The molecule has 12 rings (SSSR count). The van der Waals surface area contributed by atoms with Crippen LogP contribution in [-0.4, -0.2) is 11.0 Å². The third-order valence-corrected chi connectivity index (χ3v) is 75.7. The maximum atomic E-state index is 2.62. The van der Waals surface area contributed by atoms with Crippen LogP contribution in [0.25, 0.3) is 22.3 Å². The molecule has 0 heterocycles. The van der Waals surface area contributed by atoms with E-state index in [-0.39, 0.29) is 24.8 Å². The summed E-state index contributed by atoms with van der Waals surface area (Å²) in [5, 5.41) is 6.32. The van der Waals surface area contributed by atoms with E-state index in [0.29, 0.717) is 23.7 Å². The SMILES string of the molecule is CCc1ccccc1C1=CC(C)[C]([Hf]([C]2=C(C)C(c3ccccc3CC)=CC2C)=[Si](c2ccccc2)c2ccccc2)=C1C.CCc1ccccc1C1=CC(C)[C]([Hf]([C]2=C(C)C(c3ccccc3CC)=CC2C)=[Si](c2ccccc2)c2ccccc2)=C1C.[Cl-].[Cl-]. The smallest absolute Gasteiger partial charge is 1.00 e. The Morgan fingerprint density at radius 1 is 0.267 bits per heavy atom. The van der Waals surface area contributed by atoms with Crippen LogP contribution in [0, 0.1) is 23.7 Å². The summed E-state index contributed by atoms with van der Waals surface area (Å²) >= 11 is -5.74. The summed E-state index contributed by atoms with van der Waals surface area (Å²) in [6, 6.07) is 82.9. The van der Waals surface area contributed by atoms with Crippen molar-refractivity contribution in [3.05, 3.63) is 323 Å². The van der Waals surface area contributed by atoms with E-state index in [4.69, 9.17) is 0 Å². The van der Waals surface area contributed by atoms with Gasteiger partial charge >= 0.3 is 549 Å². The molecule has 0 fully saturated rings. The summed E-state index contributed by atoms with van der Waals surface area (Å²) in [6.07, 6.45) is 14.7. The summed E-state index contributed by atoms with van der Waals surface area (Å²) in [6.45, 7) is 29.0. The predicted octanol–water partition coefficient (Wildman–Crippen LogP) is 13.1. The third-order valence-electron chi connectivity index (χ3n) is 19.3. The minimum atomic E-state index is -2.87. The molecule has 4 atom stereocenters. The van der Waals surface area contributed by atoms with Gasteiger partial charge in [0.15, 0.2) is 0 Å². The van der Waals surface area contributed by atoms with Crippen molar-refractivity contribution in [1.29, 1.82) is 0 Å². The molecule has 0 amide bonds. The molecule has 0 aromatic heterocycles. The number of rotatable bonds is 16. The van der Waals surface area contributed by atoms with E-state index in [9.17, 15) is 0 Å². The van der Waals surface area contributed by atoms with Gasteiger partial charge in [0.1, 0.15) is 0 Å². The molecule has 0 nitrogen and oxygen atoms in total. The fourth-order valence-corrected chi connectivity index (χ4v) is 82.1. The molecule has 4 unspecified atom stereocenters. The van der Waals surface area contributed by atoms with Gasteiger partial charge in [-0.05, 0) is 0 Å². The predicted molar refractivity (Wildman–Crippen MR) is 378 cm³/mol. The summed E-state index contributed by atoms with van der Waals surface area (Å²) in [7, 11) is 0. The molecule has 8 aromatic rings. The Hall–Kier alpha value is -5.57. The quantitative estimate of drug-likeness (QED) is 0.0846. The second-order valence-corrected chi connectivity index (χ2v) is 60.5. The summed E-state index contributed by atoms with van der Waals surface area (Å²) in [5.41, 5.74) is 21.8. The van der Waals surface area contributed by atoms with Crippen molar-refractivity contribution in [3.63, 3.8) is 0 Å². The van der Waals surface area contributed by atoms with Crippen molar-refractivity contribution in [3.8, 4) is 0 Å². The zero-order valence-corrected chi connectivity index (χ0v) is 65.7. The van der Waals surface area contributed by atoms with Gasteiger partial charge in [-0.25, -0.2) is 0 Å². The molecule has 6 heteroatoms. The van der Waals surface area contributed by atoms with Gasteiger partial charge in [-0.3, -0.25) is 0 Å². The Balaban J connectivity index is 0.000000209. The van der Waals surface area contributed by atoms with Crippen LogP contribution in [-0.2, 0) is 65.8 Å². The van der Waals surface area contributed by atoms with Gasteiger partial charge in [0.2, 0.25) is 0 Å². The van der Waals surface area contributed by atoms with Crippen molar-refractivity contribution in [2.24, 2.45) is 23.7 Å². The minimum absolute atomic E-state index is 0. The Kier molecular flexibility index (Phi) is 24.0. The second kappa shape index (κ2) is 31.4. The number of allylic oxidation sites excluding steroid dienone is 16. The maximum Gasteiger partial charge on any atom is -1.00 e. The fourth-order valence-electron chi connectivity index (χ4n) is 15.1. The van der Waals surface area contributed by atoms with Crippen LogP contribution < -0.4 is 45.6 Å². The Morgan fingerprint density at radius 3 is 0.633 bits per heavy atom. The monoisotopic (exact) mass is 1580 g/mol. The first kappa shape index (κ1) is 68.8. The van der Waals surface area contributed by atoms with E-state index >= 15 is 0 Å². The van der Waals surface area contributed by atoms with Crippen LogP contribution in [0.1, 0.15) is 128 Å². The molecule has 4 aliphatic carbocycles. The molecular weight excluding hydrogens is 1490 g/mol. The van der Waals surface area contributed by atoms with Crippen LogP contribution in [0.2, 0.25) is 0 Å².